The molecule has 86 valence electrons. The first-order valence-electron chi connectivity index (χ1n) is 6.71. The van der Waals surface area contributed by atoms with E-state index in [-0.39, 0.29) is 0 Å². The number of hydrogen-bond acceptors (Lipinski definition) is 0. The Kier molecular flexibility index (Phi) is 2.73. The van der Waals surface area contributed by atoms with E-state index in [2.05, 4.69) is 34.3 Å². The van der Waals surface area contributed by atoms with Gasteiger partial charge in [-0.1, -0.05) is 46.3 Å². The van der Waals surface area contributed by atoms with Gasteiger partial charge in [-0.3, -0.25) is 0 Å². The largest absolute Gasteiger partial charge is 0.0993 e. The Morgan fingerprint density at radius 2 is 2.13 bits per heavy atom. The van der Waals surface area contributed by atoms with Crippen LogP contribution < -0.4 is 0 Å². The van der Waals surface area contributed by atoms with Crippen molar-refractivity contribution in [2.75, 3.05) is 0 Å². The zero-order valence-corrected chi connectivity index (χ0v) is 10.8. The van der Waals surface area contributed by atoms with Crippen LogP contribution in [0.5, 0.6) is 0 Å². The summed E-state index contributed by atoms with van der Waals surface area (Å²) >= 11 is 0. The molecule has 2 fully saturated rings. The van der Waals surface area contributed by atoms with Crippen molar-refractivity contribution >= 4 is 0 Å². The second kappa shape index (κ2) is 3.64. The topological polar surface area (TPSA) is 0 Å². The first-order valence-corrected chi connectivity index (χ1v) is 6.71. The standard InChI is InChI=1S/C15H26/c1-6-10(2)9-15-8-7-11(3)14(15)12(4)13(15)5/h10-11,13-14H,4,6-9H2,1-3,5H3/t10?,11?,13?,14-,15?/m0/s1. The average molecular weight is 206 g/mol. The Hall–Kier alpha value is -0.260. The van der Waals surface area contributed by atoms with Gasteiger partial charge in [0.05, 0.1) is 0 Å². The van der Waals surface area contributed by atoms with E-state index in [0.717, 1.165) is 23.7 Å². The fraction of sp³-hybridized carbons (Fsp3) is 0.867. The van der Waals surface area contributed by atoms with Crippen molar-refractivity contribution in [3.63, 3.8) is 0 Å². The van der Waals surface area contributed by atoms with Crippen LogP contribution in [-0.4, -0.2) is 0 Å². The molecule has 15 heavy (non-hydrogen) atoms. The van der Waals surface area contributed by atoms with E-state index < -0.39 is 0 Å². The molecule has 4 unspecified atom stereocenters. The van der Waals surface area contributed by atoms with Gasteiger partial charge in [-0.05, 0) is 48.3 Å². The van der Waals surface area contributed by atoms with Crippen LogP contribution in [0.4, 0.5) is 0 Å². The highest BCUT2D eigenvalue weighted by Gasteiger charge is 2.59. The zero-order valence-electron chi connectivity index (χ0n) is 10.8. The van der Waals surface area contributed by atoms with Gasteiger partial charge in [0, 0.05) is 0 Å². The zero-order chi connectivity index (χ0) is 11.2. The van der Waals surface area contributed by atoms with Crippen LogP contribution in [0.25, 0.3) is 0 Å². The summed E-state index contributed by atoms with van der Waals surface area (Å²) in [6.45, 7) is 13.9. The lowest BCUT2D eigenvalue weighted by molar-refractivity contribution is 0.0208. The summed E-state index contributed by atoms with van der Waals surface area (Å²) in [6.07, 6.45) is 5.68. The summed E-state index contributed by atoms with van der Waals surface area (Å²) in [5, 5.41) is 0. The van der Waals surface area contributed by atoms with Crippen molar-refractivity contribution < 1.29 is 0 Å². The van der Waals surface area contributed by atoms with E-state index in [9.17, 15) is 0 Å². The molecule has 2 rings (SSSR count). The highest BCUT2D eigenvalue weighted by molar-refractivity contribution is 5.29. The number of rotatable bonds is 3. The third-order valence-electron chi connectivity index (χ3n) is 5.50. The Balaban J connectivity index is 2.16. The molecule has 0 aromatic heterocycles. The number of allylic oxidation sites excluding steroid dienone is 1. The normalized spacial score (nSPS) is 46.1. The fourth-order valence-corrected chi connectivity index (χ4v) is 4.35. The molecule has 0 nitrogen and oxygen atoms in total. The summed E-state index contributed by atoms with van der Waals surface area (Å²) in [5.74, 6) is 3.45. The molecular formula is C15H26. The quantitative estimate of drug-likeness (QED) is 0.589. The second-order valence-corrected chi connectivity index (χ2v) is 6.24. The van der Waals surface area contributed by atoms with Gasteiger partial charge in [-0.15, -0.1) is 0 Å². The van der Waals surface area contributed by atoms with Crippen molar-refractivity contribution in [2.24, 2.45) is 29.1 Å². The van der Waals surface area contributed by atoms with E-state index in [1.807, 2.05) is 0 Å². The van der Waals surface area contributed by atoms with E-state index in [0.29, 0.717) is 5.41 Å². The minimum absolute atomic E-state index is 0.659. The van der Waals surface area contributed by atoms with Crippen LogP contribution in [0, 0.1) is 29.1 Å². The molecule has 5 atom stereocenters. The smallest absolute Gasteiger partial charge is 0.0115 e. The molecule has 0 saturated heterocycles. The van der Waals surface area contributed by atoms with Crippen molar-refractivity contribution in [1.82, 2.24) is 0 Å². The summed E-state index contributed by atoms with van der Waals surface area (Å²) < 4.78 is 0. The molecule has 0 bridgehead atoms. The highest BCUT2D eigenvalue weighted by Crippen LogP contribution is 2.68. The summed E-state index contributed by atoms with van der Waals surface area (Å²) in [4.78, 5) is 0. The van der Waals surface area contributed by atoms with Gasteiger partial charge in [0.2, 0.25) is 0 Å². The van der Waals surface area contributed by atoms with E-state index in [1.54, 1.807) is 5.57 Å². The Labute approximate surface area is 95.1 Å². The van der Waals surface area contributed by atoms with Crippen LogP contribution in [0.1, 0.15) is 53.4 Å². The summed E-state index contributed by atoms with van der Waals surface area (Å²) in [5.41, 5.74) is 2.22. The minimum atomic E-state index is 0.659. The predicted molar refractivity (Wildman–Crippen MR) is 66.7 cm³/mol. The molecule has 0 amide bonds. The van der Waals surface area contributed by atoms with Crippen LogP contribution in [0.3, 0.4) is 0 Å². The summed E-state index contributed by atoms with van der Waals surface area (Å²) in [6, 6.07) is 0. The van der Waals surface area contributed by atoms with Gasteiger partial charge in [0.25, 0.3) is 0 Å². The Morgan fingerprint density at radius 3 is 2.73 bits per heavy atom. The maximum atomic E-state index is 4.31. The summed E-state index contributed by atoms with van der Waals surface area (Å²) in [7, 11) is 0. The Bertz CT molecular complexity index is 265. The monoisotopic (exact) mass is 206 g/mol. The maximum Gasteiger partial charge on any atom is -0.0115 e. The van der Waals surface area contributed by atoms with Gasteiger partial charge >= 0.3 is 0 Å². The van der Waals surface area contributed by atoms with Crippen molar-refractivity contribution in [1.29, 1.82) is 0 Å². The molecule has 0 spiro atoms. The first kappa shape index (κ1) is 11.2. The Morgan fingerprint density at radius 1 is 1.47 bits per heavy atom. The lowest BCUT2D eigenvalue weighted by Crippen LogP contribution is -2.48. The van der Waals surface area contributed by atoms with Crippen molar-refractivity contribution in [2.45, 2.75) is 53.4 Å². The van der Waals surface area contributed by atoms with Gasteiger partial charge in [0.1, 0.15) is 0 Å². The minimum Gasteiger partial charge on any atom is -0.0993 e. The van der Waals surface area contributed by atoms with Gasteiger partial charge in [-0.25, -0.2) is 0 Å². The van der Waals surface area contributed by atoms with E-state index >= 15 is 0 Å². The lowest BCUT2D eigenvalue weighted by atomic mass is 9.48. The molecule has 0 aliphatic heterocycles. The van der Waals surface area contributed by atoms with E-state index in [4.69, 9.17) is 0 Å². The van der Waals surface area contributed by atoms with Gasteiger partial charge in [0.15, 0.2) is 0 Å². The maximum absolute atomic E-state index is 4.31. The molecule has 0 heterocycles. The fourth-order valence-electron chi connectivity index (χ4n) is 4.35. The van der Waals surface area contributed by atoms with Crippen molar-refractivity contribution in [3.05, 3.63) is 12.2 Å². The molecule has 0 heteroatoms. The van der Waals surface area contributed by atoms with Gasteiger partial charge in [-0.2, -0.15) is 0 Å². The lowest BCUT2D eigenvalue weighted by Gasteiger charge is -2.56. The van der Waals surface area contributed by atoms with Crippen LogP contribution in [0.15, 0.2) is 12.2 Å². The molecule has 0 N–H and O–H groups in total. The SMILES string of the molecule is C=C1C(C)C2(CC(C)CC)CCC(C)[C@@H]12. The molecular weight excluding hydrogens is 180 g/mol. The molecule has 0 aromatic carbocycles. The van der Waals surface area contributed by atoms with Crippen LogP contribution in [-0.2, 0) is 0 Å². The molecule has 0 aromatic rings. The van der Waals surface area contributed by atoms with Crippen LogP contribution >= 0.6 is 0 Å². The number of fused-ring (bicyclic) bond motifs is 1. The molecule has 2 saturated carbocycles. The number of hydrogen-bond donors (Lipinski definition) is 0. The highest BCUT2D eigenvalue weighted by atomic mass is 14.6. The van der Waals surface area contributed by atoms with Gasteiger partial charge < -0.3 is 0 Å². The van der Waals surface area contributed by atoms with Crippen LogP contribution in [0.2, 0.25) is 0 Å². The second-order valence-electron chi connectivity index (χ2n) is 6.24. The molecule has 2 aliphatic rings. The van der Waals surface area contributed by atoms with E-state index in [1.165, 1.54) is 25.7 Å². The molecule has 0 radical (unpaired) electrons. The molecule has 2 aliphatic carbocycles. The van der Waals surface area contributed by atoms with Crippen molar-refractivity contribution in [3.8, 4) is 0 Å². The average Bonchev–Trinajstić information content (AvgIpc) is 2.52. The third-order valence-corrected chi connectivity index (χ3v) is 5.50. The first-order chi connectivity index (χ1) is 7.03. The third kappa shape index (κ3) is 1.40. The predicted octanol–water partition coefficient (Wildman–Crippen LogP) is 4.66.